The maximum absolute atomic E-state index is 11.5. The summed E-state index contributed by atoms with van der Waals surface area (Å²) in [6, 6.07) is 4.16. The van der Waals surface area contributed by atoms with Gasteiger partial charge in [0.05, 0.1) is 16.5 Å². The van der Waals surface area contributed by atoms with Gasteiger partial charge in [0.15, 0.2) is 0 Å². The molecule has 0 saturated carbocycles. The van der Waals surface area contributed by atoms with Crippen LogP contribution in [0.4, 0.5) is 10.5 Å². The molecule has 6 nitrogen and oxygen atoms in total. The van der Waals surface area contributed by atoms with Gasteiger partial charge in [-0.1, -0.05) is 23.2 Å². The Morgan fingerprint density at radius 1 is 1.32 bits per heavy atom. The minimum Gasteiger partial charge on any atom is -0.338 e. The second kappa shape index (κ2) is 6.95. The van der Waals surface area contributed by atoms with Gasteiger partial charge in [-0.3, -0.25) is 0 Å². The third-order valence-corrected chi connectivity index (χ3v) is 3.49. The zero-order valence-corrected chi connectivity index (χ0v) is 12.1. The molecule has 9 heteroatoms. The number of hydrogen-bond acceptors (Lipinski definition) is 3. The molecular formula is C10H13Cl2N3O3S. The highest BCUT2D eigenvalue weighted by atomic mass is 35.5. The number of benzene rings is 1. The van der Waals surface area contributed by atoms with E-state index in [-0.39, 0.29) is 18.7 Å². The van der Waals surface area contributed by atoms with Crippen LogP contribution in [0, 0.1) is 0 Å². The summed E-state index contributed by atoms with van der Waals surface area (Å²) in [4.78, 5) is 11.5. The van der Waals surface area contributed by atoms with Crippen LogP contribution < -0.4 is 15.8 Å². The Bertz CT molecular complexity index is 563. The number of amides is 2. The van der Waals surface area contributed by atoms with Crippen molar-refractivity contribution in [3.05, 3.63) is 28.2 Å². The van der Waals surface area contributed by atoms with E-state index >= 15 is 0 Å². The van der Waals surface area contributed by atoms with Crippen LogP contribution in [0.5, 0.6) is 0 Å². The number of carbonyl (C=O) groups excluding carboxylic acids is 1. The third-order valence-electron chi connectivity index (χ3n) is 2.07. The first-order valence-electron chi connectivity index (χ1n) is 5.28. The molecule has 4 N–H and O–H groups in total. The highest BCUT2D eigenvalue weighted by Crippen LogP contribution is 2.25. The summed E-state index contributed by atoms with van der Waals surface area (Å²) in [5, 5.41) is 10.6. The van der Waals surface area contributed by atoms with Crippen LogP contribution in [0.25, 0.3) is 0 Å². The average molecular weight is 326 g/mol. The van der Waals surface area contributed by atoms with Crippen molar-refractivity contribution >= 4 is 44.9 Å². The molecule has 0 aliphatic carbocycles. The molecule has 2 amide bonds. The fourth-order valence-electron chi connectivity index (χ4n) is 1.24. The lowest BCUT2D eigenvalue weighted by Crippen LogP contribution is -2.31. The summed E-state index contributed by atoms with van der Waals surface area (Å²) in [6.45, 7) is 0.181. The fraction of sp³-hybridized carbons (Fsp3) is 0.300. The van der Waals surface area contributed by atoms with Crippen molar-refractivity contribution < 1.29 is 13.2 Å². The van der Waals surface area contributed by atoms with Gasteiger partial charge in [-0.2, -0.15) is 0 Å². The number of sulfonamides is 1. The van der Waals surface area contributed by atoms with Crippen LogP contribution in [0.15, 0.2) is 18.2 Å². The van der Waals surface area contributed by atoms with Gasteiger partial charge >= 0.3 is 6.03 Å². The van der Waals surface area contributed by atoms with E-state index in [1.54, 1.807) is 12.1 Å². The normalized spacial score (nSPS) is 11.1. The van der Waals surface area contributed by atoms with E-state index in [1.165, 1.54) is 6.07 Å². The molecule has 0 atom stereocenters. The fourth-order valence-corrected chi connectivity index (χ4v) is 2.12. The van der Waals surface area contributed by atoms with E-state index in [2.05, 4.69) is 10.6 Å². The van der Waals surface area contributed by atoms with Crippen molar-refractivity contribution in [2.24, 2.45) is 5.14 Å². The van der Waals surface area contributed by atoms with Gasteiger partial charge in [-0.15, -0.1) is 0 Å². The monoisotopic (exact) mass is 325 g/mol. The topological polar surface area (TPSA) is 101 Å². The van der Waals surface area contributed by atoms with Crippen LogP contribution >= 0.6 is 23.2 Å². The minimum atomic E-state index is -3.50. The van der Waals surface area contributed by atoms with E-state index in [1.807, 2.05) is 0 Å². The molecule has 0 fully saturated rings. The number of primary sulfonamides is 1. The van der Waals surface area contributed by atoms with Crippen molar-refractivity contribution in [2.75, 3.05) is 17.6 Å². The standard InChI is InChI=1S/C10H13Cl2N3O3S/c11-7-2-3-8(12)9(6-7)15-10(16)14-4-1-5-19(13,17)18/h2-3,6H,1,4-5H2,(H2,13,17,18)(H2,14,15,16). The number of hydrogen-bond donors (Lipinski definition) is 3. The van der Waals surface area contributed by atoms with Gasteiger partial charge in [0, 0.05) is 11.6 Å². The molecule has 0 unspecified atom stereocenters. The highest BCUT2D eigenvalue weighted by molar-refractivity contribution is 7.89. The summed E-state index contributed by atoms with van der Waals surface area (Å²) in [7, 11) is -3.50. The van der Waals surface area contributed by atoms with E-state index in [9.17, 15) is 13.2 Å². The quantitative estimate of drug-likeness (QED) is 0.719. The zero-order valence-electron chi connectivity index (χ0n) is 9.82. The van der Waals surface area contributed by atoms with Gasteiger partial charge < -0.3 is 10.6 Å². The predicted molar refractivity (Wildman–Crippen MR) is 76.1 cm³/mol. The van der Waals surface area contributed by atoms with E-state index in [4.69, 9.17) is 28.3 Å². The van der Waals surface area contributed by atoms with E-state index < -0.39 is 16.1 Å². The number of carbonyl (C=O) groups is 1. The van der Waals surface area contributed by atoms with Gasteiger partial charge in [0.1, 0.15) is 0 Å². The summed E-state index contributed by atoms with van der Waals surface area (Å²) in [5.74, 6) is -0.189. The lowest BCUT2D eigenvalue weighted by molar-refractivity contribution is 0.252. The summed E-state index contributed by atoms with van der Waals surface area (Å²) in [6.07, 6.45) is 0.232. The van der Waals surface area contributed by atoms with Crippen molar-refractivity contribution in [3.8, 4) is 0 Å². The second-order valence-corrected chi connectivity index (χ2v) is 6.30. The maximum Gasteiger partial charge on any atom is 0.319 e. The molecule has 19 heavy (non-hydrogen) atoms. The van der Waals surface area contributed by atoms with Crippen molar-refractivity contribution in [1.82, 2.24) is 5.32 Å². The van der Waals surface area contributed by atoms with Gasteiger partial charge in [-0.05, 0) is 24.6 Å². The molecule has 0 heterocycles. The number of nitrogens with one attached hydrogen (secondary N) is 2. The molecule has 0 aliphatic heterocycles. The SMILES string of the molecule is NS(=O)(=O)CCCNC(=O)Nc1cc(Cl)ccc1Cl. The first kappa shape index (κ1) is 16.0. The first-order chi connectivity index (χ1) is 8.78. The second-order valence-electron chi connectivity index (χ2n) is 3.73. The molecule has 0 saturated heterocycles. The zero-order chi connectivity index (χ0) is 14.5. The van der Waals surface area contributed by atoms with Crippen LogP contribution in [-0.2, 0) is 10.0 Å². The Kier molecular flexibility index (Phi) is 5.86. The average Bonchev–Trinajstić information content (AvgIpc) is 2.28. The molecule has 0 radical (unpaired) electrons. The Morgan fingerprint density at radius 3 is 2.63 bits per heavy atom. The van der Waals surface area contributed by atoms with Gasteiger partial charge in [0.25, 0.3) is 0 Å². The minimum absolute atomic E-state index is 0.181. The largest absolute Gasteiger partial charge is 0.338 e. The van der Waals surface area contributed by atoms with E-state index in [0.717, 1.165) is 0 Å². The Morgan fingerprint density at radius 2 is 2.00 bits per heavy atom. The number of anilines is 1. The molecule has 0 aromatic heterocycles. The molecule has 0 aliphatic rings. The molecular weight excluding hydrogens is 313 g/mol. The Balaban J connectivity index is 2.41. The van der Waals surface area contributed by atoms with Crippen LogP contribution in [-0.4, -0.2) is 26.7 Å². The lowest BCUT2D eigenvalue weighted by atomic mass is 10.3. The third kappa shape index (κ3) is 6.63. The molecule has 1 aromatic carbocycles. The van der Waals surface area contributed by atoms with Gasteiger partial charge in [0.2, 0.25) is 10.0 Å². The number of halogens is 2. The van der Waals surface area contributed by atoms with Crippen LogP contribution in [0.1, 0.15) is 6.42 Å². The van der Waals surface area contributed by atoms with Crippen LogP contribution in [0.3, 0.4) is 0 Å². The van der Waals surface area contributed by atoms with E-state index in [0.29, 0.717) is 15.7 Å². The molecule has 1 aromatic rings. The molecule has 0 spiro atoms. The first-order valence-corrected chi connectivity index (χ1v) is 7.75. The lowest BCUT2D eigenvalue weighted by Gasteiger charge is -2.09. The Hall–Kier alpha value is -1.02. The van der Waals surface area contributed by atoms with Crippen molar-refractivity contribution in [1.29, 1.82) is 0 Å². The summed E-state index contributed by atoms with van der Waals surface area (Å²) in [5.41, 5.74) is 0.373. The molecule has 106 valence electrons. The van der Waals surface area contributed by atoms with Crippen molar-refractivity contribution in [3.63, 3.8) is 0 Å². The Labute approximate surface area is 121 Å². The maximum atomic E-state index is 11.5. The number of urea groups is 1. The molecule has 1 rings (SSSR count). The molecule has 0 bridgehead atoms. The summed E-state index contributed by atoms with van der Waals surface area (Å²) < 4.78 is 21.3. The smallest absolute Gasteiger partial charge is 0.319 e. The van der Waals surface area contributed by atoms with Crippen LogP contribution in [0.2, 0.25) is 10.0 Å². The van der Waals surface area contributed by atoms with Gasteiger partial charge in [-0.25, -0.2) is 18.4 Å². The number of nitrogens with two attached hydrogens (primary N) is 1. The summed E-state index contributed by atoms with van der Waals surface area (Å²) >= 11 is 11.6. The van der Waals surface area contributed by atoms with Crippen molar-refractivity contribution in [2.45, 2.75) is 6.42 Å². The number of rotatable bonds is 5. The highest BCUT2D eigenvalue weighted by Gasteiger charge is 2.07. The predicted octanol–water partition coefficient (Wildman–Crippen LogP) is 1.79.